The predicted molar refractivity (Wildman–Crippen MR) is 161 cm³/mol. The Balaban J connectivity index is 1.37. The Hall–Kier alpha value is -3.63. The molecule has 0 atom stereocenters. The summed E-state index contributed by atoms with van der Waals surface area (Å²) in [7, 11) is 0. The number of hydrogen-bond donors (Lipinski definition) is 0. The molecule has 38 heavy (non-hydrogen) atoms. The molecule has 0 saturated carbocycles. The van der Waals surface area contributed by atoms with Gasteiger partial charge < -0.3 is 0 Å². The topological polar surface area (TPSA) is 0 Å². The quantitative estimate of drug-likeness (QED) is 0.109. The first-order valence-corrected chi connectivity index (χ1v) is 14.2. The molecule has 0 aliphatic heterocycles. The van der Waals surface area contributed by atoms with Gasteiger partial charge in [-0.2, -0.15) is 0 Å². The van der Waals surface area contributed by atoms with E-state index in [1.807, 2.05) is 30.3 Å². The van der Waals surface area contributed by atoms with Crippen molar-refractivity contribution in [1.82, 2.24) is 0 Å². The number of aryl methyl sites for hydroxylation is 4. The lowest BCUT2D eigenvalue weighted by Crippen LogP contribution is -1.96. The summed E-state index contributed by atoms with van der Waals surface area (Å²) in [5.74, 6) is 6.41. The van der Waals surface area contributed by atoms with Gasteiger partial charge >= 0.3 is 0 Å². The molecule has 0 radical (unpaired) electrons. The van der Waals surface area contributed by atoms with Gasteiger partial charge in [-0.15, -0.1) is 0 Å². The van der Waals surface area contributed by atoms with Crippen LogP contribution in [-0.4, -0.2) is 0 Å². The largest absolute Gasteiger partial charge is 0.206 e. The highest BCUT2D eigenvalue weighted by Crippen LogP contribution is 2.24. The average molecular weight is 503 g/mol. The van der Waals surface area contributed by atoms with E-state index in [1.54, 1.807) is 0 Å². The molecule has 0 fully saturated rings. The molecule has 0 aromatic heterocycles. The molecule has 4 aromatic carbocycles. The lowest BCUT2D eigenvalue weighted by Gasteiger charge is -2.08. The van der Waals surface area contributed by atoms with Crippen molar-refractivity contribution in [2.75, 3.05) is 0 Å². The maximum Gasteiger partial charge on any atom is 0.134 e. The second-order valence-electron chi connectivity index (χ2n) is 10.2. The van der Waals surface area contributed by atoms with E-state index in [4.69, 9.17) is 0 Å². The number of halogens is 1. The van der Waals surface area contributed by atoms with Gasteiger partial charge in [-0.3, -0.25) is 0 Å². The molecular formula is C37H39F. The molecular weight excluding hydrogens is 463 g/mol. The summed E-state index contributed by atoms with van der Waals surface area (Å²) >= 11 is 0. The highest BCUT2D eigenvalue weighted by molar-refractivity contribution is 5.85. The van der Waals surface area contributed by atoms with Crippen molar-refractivity contribution in [3.05, 3.63) is 130 Å². The molecule has 0 unspecified atom stereocenters. The van der Waals surface area contributed by atoms with Gasteiger partial charge in [0.2, 0.25) is 0 Å². The van der Waals surface area contributed by atoms with Crippen LogP contribution in [0.2, 0.25) is 0 Å². The third-order valence-corrected chi connectivity index (χ3v) is 7.20. The summed E-state index contributed by atoms with van der Waals surface area (Å²) in [4.78, 5) is 0. The molecule has 0 heterocycles. The summed E-state index contributed by atoms with van der Waals surface area (Å²) in [5.41, 5.74) is 6.65. The van der Waals surface area contributed by atoms with Crippen molar-refractivity contribution in [1.29, 1.82) is 0 Å². The number of allylic oxidation sites excluding steroid dienone is 2. The second kappa shape index (κ2) is 14.3. The smallest absolute Gasteiger partial charge is 0.134 e. The van der Waals surface area contributed by atoms with E-state index >= 15 is 4.39 Å². The number of rotatable bonds is 11. The first-order valence-electron chi connectivity index (χ1n) is 14.2. The van der Waals surface area contributed by atoms with E-state index in [9.17, 15) is 0 Å². The summed E-state index contributed by atoms with van der Waals surface area (Å²) in [5, 5.41) is 1.56. The average Bonchev–Trinajstić information content (AvgIpc) is 2.95. The third-order valence-electron chi connectivity index (χ3n) is 7.20. The van der Waals surface area contributed by atoms with Crippen molar-refractivity contribution >= 4 is 10.8 Å². The zero-order valence-electron chi connectivity index (χ0n) is 22.9. The van der Waals surface area contributed by atoms with E-state index in [-0.39, 0.29) is 5.82 Å². The second-order valence-corrected chi connectivity index (χ2v) is 10.2. The highest BCUT2D eigenvalue weighted by Gasteiger charge is 2.08. The lowest BCUT2D eigenvalue weighted by molar-refractivity contribution is 0.620. The monoisotopic (exact) mass is 502 g/mol. The van der Waals surface area contributed by atoms with Crippen molar-refractivity contribution < 1.29 is 4.39 Å². The lowest BCUT2D eigenvalue weighted by atomic mass is 9.98. The van der Waals surface area contributed by atoms with Crippen molar-refractivity contribution in [2.24, 2.45) is 0 Å². The van der Waals surface area contributed by atoms with E-state index in [2.05, 4.69) is 86.4 Å². The van der Waals surface area contributed by atoms with Crippen LogP contribution in [0.25, 0.3) is 10.8 Å². The maximum absolute atomic E-state index is 15.3. The minimum atomic E-state index is -0.112. The van der Waals surface area contributed by atoms with Crippen molar-refractivity contribution in [2.45, 2.75) is 71.6 Å². The molecule has 4 aromatic rings. The van der Waals surface area contributed by atoms with Gasteiger partial charge in [-0.25, -0.2) is 4.39 Å². The van der Waals surface area contributed by atoms with Gasteiger partial charge in [0.1, 0.15) is 5.82 Å². The highest BCUT2D eigenvalue weighted by atomic mass is 19.1. The van der Waals surface area contributed by atoms with Gasteiger partial charge in [0.05, 0.1) is 0 Å². The number of hydrogen-bond acceptors (Lipinski definition) is 0. The minimum absolute atomic E-state index is 0.112. The predicted octanol–water partition coefficient (Wildman–Crippen LogP) is 9.80. The normalized spacial score (nSPS) is 11.1. The Kier molecular flexibility index (Phi) is 10.3. The summed E-state index contributed by atoms with van der Waals surface area (Å²) in [6, 6.07) is 27.1. The Labute approximate surface area is 228 Å². The van der Waals surface area contributed by atoms with Crippen LogP contribution in [0.4, 0.5) is 4.39 Å². The first-order chi connectivity index (χ1) is 18.7. The van der Waals surface area contributed by atoms with Crippen LogP contribution in [0.3, 0.4) is 0 Å². The van der Waals surface area contributed by atoms with Gasteiger partial charge in [-0.1, -0.05) is 105 Å². The van der Waals surface area contributed by atoms with Gasteiger partial charge in [-0.05, 0) is 97.4 Å². The fourth-order valence-corrected chi connectivity index (χ4v) is 4.83. The van der Waals surface area contributed by atoms with Crippen molar-refractivity contribution in [3.8, 4) is 11.8 Å². The van der Waals surface area contributed by atoms with Gasteiger partial charge in [0.25, 0.3) is 0 Å². The SMILES string of the molecule is C/C=C/CCc1ccc(CCc2ccc3cc(C#Cc4ccc(CCCCCC)cc4)ccc3c2F)cc1. The van der Waals surface area contributed by atoms with Crippen LogP contribution in [0, 0.1) is 17.7 Å². The Morgan fingerprint density at radius 3 is 2.05 bits per heavy atom. The van der Waals surface area contributed by atoms with E-state index in [1.165, 1.54) is 42.4 Å². The zero-order valence-corrected chi connectivity index (χ0v) is 22.9. The van der Waals surface area contributed by atoms with Crippen LogP contribution in [0.15, 0.2) is 91.0 Å². The molecule has 194 valence electrons. The number of benzene rings is 4. The molecule has 0 aliphatic rings. The molecule has 0 saturated heterocycles. The van der Waals surface area contributed by atoms with Gasteiger partial charge in [0.15, 0.2) is 0 Å². The minimum Gasteiger partial charge on any atom is -0.206 e. The Morgan fingerprint density at radius 1 is 0.658 bits per heavy atom. The third kappa shape index (κ3) is 7.93. The Morgan fingerprint density at radius 2 is 1.32 bits per heavy atom. The van der Waals surface area contributed by atoms with E-state index < -0.39 is 0 Å². The van der Waals surface area contributed by atoms with Crippen LogP contribution >= 0.6 is 0 Å². The van der Waals surface area contributed by atoms with Crippen molar-refractivity contribution in [3.63, 3.8) is 0 Å². The fourth-order valence-electron chi connectivity index (χ4n) is 4.83. The van der Waals surface area contributed by atoms with E-state index in [0.29, 0.717) is 11.8 Å². The van der Waals surface area contributed by atoms with Crippen LogP contribution in [0.1, 0.15) is 79.3 Å². The molecule has 1 heteroatoms. The maximum atomic E-state index is 15.3. The van der Waals surface area contributed by atoms with Crippen LogP contribution in [0.5, 0.6) is 0 Å². The molecule has 0 N–H and O–H groups in total. The fraction of sp³-hybridized carbons (Fsp3) is 0.297. The first kappa shape index (κ1) is 27.4. The number of fused-ring (bicyclic) bond motifs is 1. The molecule has 0 amide bonds. The molecule has 0 spiro atoms. The van der Waals surface area contributed by atoms with E-state index in [0.717, 1.165) is 47.8 Å². The molecule has 4 rings (SSSR count). The summed E-state index contributed by atoms with van der Waals surface area (Å²) in [6.45, 7) is 4.30. The summed E-state index contributed by atoms with van der Waals surface area (Å²) in [6.07, 6.45) is 14.2. The zero-order chi connectivity index (χ0) is 26.6. The molecule has 0 aliphatic carbocycles. The molecule has 0 bridgehead atoms. The van der Waals surface area contributed by atoms with Crippen LogP contribution in [-0.2, 0) is 25.7 Å². The summed E-state index contributed by atoms with van der Waals surface area (Å²) < 4.78 is 15.3. The van der Waals surface area contributed by atoms with Gasteiger partial charge in [0, 0.05) is 16.5 Å². The van der Waals surface area contributed by atoms with Crippen LogP contribution < -0.4 is 0 Å². The Bertz CT molecular complexity index is 1400. The number of unbranched alkanes of at least 4 members (excludes halogenated alkanes) is 3. The standard InChI is InChI=1S/C37H39F/c1-3-5-7-9-11-30-12-16-31(17-13-30)20-21-33-23-27-36-35(28-33)26-25-34(37(36)38)24-22-32-18-14-29(15-19-32)10-8-6-4-2/h4,6,12-19,23,25-28H,3,5,7-11,22,24H2,1-2H3/b6-4+. The molecule has 0 nitrogen and oxygen atoms in total.